The Labute approximate surface area is 264 Å². The molecule has 1 aliphatic rings. The number of hydrogen-bond acceptors (Lipinski definition) is 3. The number of carbonyl (C=O) groups excluding carboxylic acids is 2. The second kappa shape index (κ2) is 18.1. The molecule has 1 saturated heterocycles. The summed E-state index contributed by atoms with van der Waals surface area (Å²) >= 11 is 0. The fourth-order valence-electron chi connectivity index (χ4n) is 5.89. The van der Waals surface area contributed by atoms with Crippen molar-refractivity contribution in [2.45, 2.75) is 71.4 Å². The number of para-hydroxylation sites is 2. The van der Waals surface area contributed by atoms with Crippen molar-refractivity contribution in [2.75, 3.05) is 44.2 Å². The number of piperazine rings is 1. The van der Waals surface area contributed by atoms with Crippen LogP contribution in [0.4, 0.5) is 21.0 Å². The Morgan fingerprint density at radius 2 is 1.27 bits per heavy atom. The van der Waals surface area contributed by atoms with Gasteiger partial charge in [0.15, 0.2) is 0 Å². The number of unbranched alkanes of at least 4 members (excludes halogenated alkanes) is 4. The highest BCUT2D eigenvalue weighted by Crippen LogP contribution is 2.28. The Hall–Kier alpha value is -3.84. The van der Waals surface area contributed by atoms with Crippen molar-refractivity contribution in [1.82, 2.24) is 20.0 Å². The monoisotopic (exact) mass is 597 g/mol. The van der Waals surface area contributed by atoms with E-state index in [1.807, 2.05) is 81.4 Å². The third kappa shape index (κ3) is 9.58. The van der Waals surface area contributed by atoms with E-state index in [9.17, 15) is 9.59 Å². The van der Waals surface area contributed by atoms with Crippen LogP contribution >= 0.6 is 0 Å². The molecule has 0 saturated carbocycles. The molecule has 44 heavy (non-hydrogen) atoms. The van der Waals surface area contributed by atoms with Crippen molar-refractivity contribution in [3.8, 4) is 0 Å². The van der Waals surface area contributed by atoms with E-state index in [-0.39, 0.29) is 18.1 Å². The summed E-state index contributed by atoms with van der Waals surface area (Å²) in [5.74, 6) is 0. The van der Waals surface area contributed by atoms with E-state index in [2.05, 4.69) is 48.3 Å². The van der Waals surface area contributed by atoms with Gasteiger partial charge in [-0.05, 0) is 55.6 Å². The lowest BCUT2D eigenvalue weighted by Crippen LogP contribution is -2.61. The van der Waals surface area contributed by atoms with Gasteiger partial charge in [0.2, 0.25) is 0 Å². The molecule has 3 aromatic carbocycles. The predicted octanol–water partition coefficient (Wildman–Crippen LogP) is 7.91. The third-order valence-electron chi connectivity index (χ3n) is 8.38. The van der Waals surface area contributed by atoms with Crippen molar-refractivity contribution < 1.29 is 9.59 Å². The summed E-state index contributed by atoms with van der Waals surface area (Å²) in [5, 5.41) is 3.57. The average Bonchev–Trinajstić information content (AvgIpc) is 3.07. The van der Waals surface area contributed by atoms with Crippen LogP contribution in [0.2, 0.25) is 0 Å². The standard InChI is InChI=1S/C37H51N5O2/c1-3-5-16-26-39(27-17-6-4-2)36(43)40-28-29-41(35(31-40)24-25-38-30-32-18-10-7-11-19-32)37(44)42(33-20-12-8-13-21-33)34-22-14-9-15-23-34/h7-15,18-23,35,38H,3-6,16-17,24-31H2,1-2H3/t35-/m0/s1. The molecule has 0 aromatic heterocycles. The van der Waals surface area contributed by atoms with Crippen LogP contribution in [-0.2, 0) is 6.54 Å². The van der Waals surface area contributed by atoms with E-state index >= 15 is 0 Å². The van der Waals surface area contributed by atoms with Crippen LogP contribution in [0.5, 0.6) is 0 Å². The highest BCUT2D eigenvalue weighted by Gasteiger charge is 2.36. The van der Waals surface area contributed by atoms with Crippen LogP contribution in [0.1, 0.15) is 64.4 Å². The molecule has 4 rings (SSSR count). The highest BCUT2D eigenvalue weighted by molar-refractivity contribution is 5.99. The number of hydrogen-bond donors (Lipinski definition) is 1. The van der Waals surface area contributed by atoms with Gasteiger partial charge in [-0.15, -0.1) is 0 Å². The number of rotatable bonds is 15. The second-order valence-corrected chi connectivity index (χ2v) is 11.7. The summed E-state index contributed by atoms with van der Waals surface area (Å²) in [6.07, 6.45) is 7.34. The molecular weight excluding hydrogens is 546 g/mol. The van der Waals surface area contributed by atoms with Gasteiger partial charge in [0.25, 0.3) is 0 Å². The summed E-state index contributed by atoms with van der Waals surface area (Å²) in [5.41, 5.74) is 2.90. The summed E-state index contributed by atoms with van der Waals surface area (Å²) in [6, 6.07) is 30.0. The molecule has 236 valence electrons. The minimum atomic E-state index is -0.105. The maximum atomic E-state index is 14.4. The summed E-state index contributed by atoms with van der Waals surface area (Å²) in [7, 11) is 0. The van der Waals surface area contributed by atoms with Crippen LogP contribution in [0, 0.1) is 0 Å². The number of nitrogens with one attached hydrogen (secondary N) is 1. The van der Waals surface area contributed by atoms with Gasteiger partial charge >= 0.3 is 12.1 Å². The normalized spacial score (nSPS) is 14.8. The largest absolute Gasteiger partial charge is 0.329 e. The van der Waals surface area contributed by atoms with Crippen LogP contribution in [-0.4, -0.2) is 72.1 Å². The molecule has 3 aromatic rings. The van der Waals surface area contributed by atoms with Crippen LogP contribution in [0.25, 0.3) is 0 Å². The number of urea groups is 2. The van der Waals surface area contributed by atoms with Crippen molar-refractivity contribution in [3.63, 3.8) is 0 Å². The number of nitrogens with zero attached hydrogens (tertiary/aromatic N) is 4. The van der Waals surface area contributed by atoms with Gasteiger partial charge in [0.05, 0.1) is 17.4 Å². The number of carbonyl (C=O) groups is 2. The van der Waals surface area contributed by atoms with E-state index in [1.54, 1.807) is 0 Å². The average molecular weight is 598 g/mol. The van der Waals surface area contributed by atoms with E-state index in [0.717, 1.165) is 82.5 Å². The van der Waals surface area contributed by atoms with Crippen molar-refractivity contribution in [2.24, 2.45) is 0 Å². The molecule has 7 nitrogen and oxygen atoms in total. The lowest BCUT2D eigenvalue weighted by atomic mass is 10.1. The van der Waals surface area contributed by atoms with Gasteiger partial charge in [0, 0.05) is 39.3 Å². The van der Waals surface area contributed by atoms with E-state index in [0.29, 0.717) is 19.6 Å². The van der Waals surface area contributed by atoms with Gasteiger partial charge in [-0.25, -0.2) is 9.59 Å². The molecule has 0 radical (unpaired) electrons. The third-order valence-corrected chi connectivity index (χ3v) is 8.38. The van der Waals surface area contributed by atoms with Crippen LogP contribution < -0.4 is 10.2 Å². The first-order chi connectivity index (χ1) is 21.6. The molecular formula is C37H51N5O2. The first-order valence-electron chi connectivity index (χ1n) is 16.6. The molecule has 1 N–H and O–H groups in total. The molecule has 0 bridgehead atoms. The predicted molar refractivity (Wildman–Crippen MR) is 181 cm³/mol. The lowest BCUT2D eigenvalue weighted by molar-refractivity contribution is 0.0879. The Morgan fingerprint density at radius 1 is 0.727 bits per heavy atom. The van der Waals surface area contributed by atoms with Crippen molar-refractivity contribution in [1.29, 1.82) is 0 Å². The van der Waals surface area contributed by atoms with E-state index in [1.165, 1.54) is 5.56 Å². The highest BCUT2D eigenvalue weighted by atomic mass is 16.2. The number of benzene rings is 3. The van der Waals surface area contributed by atoms with Crippen molar-refractivity contribution >= 4 is 23.4 Å². The Morgan fingerprint density at radius 3 is 1.82 bits per heavy atom. The van der Waals surface area contributed by atoms with Crippen LogP contribution in [0.15, 0.2) is 91.0 Å². The molecule has 1 aliphatic heterocycles. The molecule has 0 aliphatic carbocycles. The molecule has 0 unspecified atom stereocenters. The van der Waals surface area contributed by atoms with Gasteiger partial charge < -0.3 is 20.0 Å². The SMILES string of the molecule is CCCCCN(CCCCC)C(=O)N1CCN(C(=O)N(c2ccccc2)c2ccccc2)[C@@H](CCNCc2ccccc2)C1. The number of anilines is 2. The summed E-state index contributed by atoms with van der Waals surface area (Å²) in [6.45, 7) is 9.09. The Balaban J connectivity index is 1.53. The first-order valence-corrected chi connectivity index (χ1v) is 16.6. The van der Waals surface area contributed by atoms with Gasteiger partial charge in [0.1, 0.15) is 0 Å². The molecule has 1 fully saturated rings. The molecule has 7 heteroatoms. The second-order valence-electron chi connectivity index (χ2n) is 11.7. The van der Waals surface area contributed by atoms with Gasteiger partial charge in [-0.2, -0.15) is 0 Å². The minimum absolute atomic E-state index is 0.0506. The van der Waals surface area contributed by atoms with Gasteiger partial charge in [-0.1, -0.05) is 106 Å². The molecule has 1 atom stereocenters. The molecule has 4 amide bonds. The topological polar surface area (TPSA) is 59.1 Å². The van der Waals surface area contributed by atoms with Gasteiger partial charge in [-0.3, -0.25) is 4.90 Å². The first kappa shape index (κ1) is 33.1. The zero-order chi connectivity index (χ0) is 31.0. The maximum Gasteiger partial charge on any atom is 0.329 e. The Kier molecular flexibility index (Phi) is 13.6. The molecule has 0 spiro atoms. The molecule has 1 heterocycles. The maximum absolute atomic E-state index is 14.4. The van der Waals surface area contributed by atoms with E-state index < -0.39 is 0 Å². The fraction of sp³-hybridized carbons (Fsp3) is 0.459. The zero-order valence-corrected chi connectivity index (χ0v) is 26.7. The van der Waals surface area contributed by atoms with Crippen LogP contribution in [0.3, 0.4) is 0 Å². The number of amides is 4. The zero-order valence-electron chi connectivity index (χ0n) is 26.7. The summed E-state index contributed by atoms with van der Waals surface area (Å²) < 4.78 is 0. The van der Waals surface area contributed by atoms with E-state index in [4.69, 9.17) is 0 Å². The quantitative estimate of drug-likeness (QED) is 0.181. The minimum Gasteiger partial charge on any atom is -0.325 e. The Bertz CT molecular complexity index is 1190. The fourth-order valence-corrected chi connectivity index (χ4v) is 5.89. The lowest BCUT2D eigenvalue weighted by Gasteiger charge is -2.44. The smallest absolute Gasteiger partial charge is 0.325 e. The summed E-state index contributed by atoms with van der Waals surface area (Å²) in [4.78, 5) is 36.2. The van der Waals surface area contributed by atoms with Crippen molar-refractivity contribution in [3.05, 3.63) is 96.6 Å².